The van der Waals surface area contributed by atoms with Gasteiger partial charge in [-0.15, -0.1) is 0 Å². The fourth-order valence-electron chi connectivity index (χ4n) is 3.23. The number of unbranched alkanes of at least 4 members (excludes halogenated alkanes) is 1. The van der Waals surface area contributed by atoms with Crippen LogP contribution in [0.3, 0.4) is 0 Å². The van der Waals surface area contributed by atoms with E-state index in [1.165, 1.54) is 5.56 Å². The maximum Gasteiger partial charge on any atom is 0.258 e. The Morgan fingerprint density at radius 2 is 1.70 bits per heavy atom. The van der Waals surface area contributed by atoms with Gasteiger partial charge < -0.3 is 10.5 Å². The van der Waals surface area contributed by atoms with Crippen molar-refractivity contribution >= 4 is 5.91 Å². The van der Waals surface area contributed by atoms with E-state index in [0.717, 1.165) is 19.3 Å². The second-order valence-electron chi connectivity index (χ2n) is 8.30. The standard InChI is InChI=1S/C20H33NO2/c1-7-8-9-17(18(21)22)23-16-12-10-15(11-13-16)20(5,6)14-19(2,3)4/h10-13,17H,7-9,14H2,1-6H3,(H2,21,22). The Hall–Kier alpha value is -1.51. The van der Waals surface area contributed by atoms with Crippen LogP contribution in [0.15, 0.2) is 24.3 Å². The summed E-state index contributed by atoms with van der Waals surface area (Å²) in [5.41, 5.74) is 7.08. The third-order valence-corrected chi connectivity index (χ3v) is 4.02. The number of carbonyl (C=O) groups excluding carboxylic acids is 1. The minimum absolute atomic E-state index is 0.0993. The quantitative estimate of drug-likeness (QED) is 0.746. The normalized spacial score (nSPS) is 13.7. The molecule has 0 spiro atoms. The van der Waals surface area contributed by atoms with Crippen LogP contribution < -0.4 is 10.5 Å². The van der Waals surface area contributed by atoms with E-state index in [-0.39, 0.29) is 10.8 Å². The van der Waals surface area contributed by atoms with E-state index in [1.54, 1.807) is 0 Å². The Morgan fingerprint density at radius 1 is 1.13 bits per heavy atom. The van der Waals surface area contributed by atoms with Crippen LogP contribution in [0.25, 0.3) is 0 Å². The van der Waals surface area contributed by atoms with E-state index in [0.29, 0.717) is 12.2 Å². The Bertz CT molecular complexity index is 497. The number of rotatable bonds is 8. The number of benzene rings is 1. The predicted octanol–water partition coefficient (Wildman–Crippen LogP) is 4.82. The number of amides is 1. The smallest absolute Gasteiger partial charge is 0.258 e. The van der Waals surface area contributed by atoms with E-state index in [2.05, 4.69) is 53.7 Å². The largest absolute Gasteiger partial charge is 0.481 e. The van der Waals surface area contributed by atoms with Crippen LogP contribution >= 0.6 is 0 Å². The van der Waals surface area contributed by atoms with Gasteiger partial charge in [0.15, 0.2) is 6.10 Å². The van der Waals surface area contributed by atoms with Crippen molar-refractivity contribution in [2.45, 2.75) is 78.7 Å². The highest BCUT2D eigenvalue weighted by Gasteiger charge is 2.27. The van der Waals surface area contributed by atoms with Crippen molar-refractivity contribution in [2.75, 3.05) is 0 Å². The number of nitrogens with two attached hydrogens (primary N) is 1. The van der Waals surface area contributed by atoms with Crippen LogP contribution in [-0.2, 0) is 10.2 Å². The molecule has 1 rings (SSSR count). The molecule has 0 bridgehead atoms. The van der Waals surface area contributed by atoms with E-state index < -0.39 is 12.0 Å². The summed E-state index contributed by atoms with van der Waals surface area (Å²) >= 11 is 0. The van der Waals surface area contributed by atoms with Gasteiger partial charge in [0.2, 0.25) is 0 Å². The Labute approximate surface area is 141 Å². The average Bonchev–Trinajstić information content (AvgIpc) is 2.41. The molecule has 1 atom stereocenters. The van der Waals surface area contributed by atoms with Gasteiger partial charge in [0.25, 0.3) is 5.91 Å². The SMILES string of the molecule is CCCCC(Oc1ccc(C(C)(C)CC(C)(C)C)cc1)C(N)=O. The molecule has 2 N–H and O–H groups in total. The van der Waals surface area contributed by atoms with Crippen molar-refractivity contribution in [3.05, 3.63) is 29.8 Å². The van der Waals surface area contributed by atoms with E-state index in [1.807, 2.05) is 12.1 Å². The second kappa shape index (κ2) is 7.85. The molecule has 1 amide bonds. The van der Waals surface area contributed by atoms with Crippen LogP contribution in [0.2, 0.25) is 0 Å². The average molecular weight is 319 g/mol. The molecule has 0 aromatic heterocycles. The van der Waals surface area contributed by atoms with Crippen LogP contribution in [0.5, 0.6) is 5.75 Å². The van der Waals surface area contributed by atoms with Crippen molar-refractivity contribution in [3.63, 3.8) is 0 Å². The summed E-state index contributed by atoms with van der Waals surface area (Å²) in [6.07, 6.45) is 3.18. The molecule has 3 nitrogen and oxygen atoms in total. The van der Waals surface area contributed by atoms with Crippen LogP contribution in [-0.4, -0.2) is 12.0 Å². The Kier molecular flexibility index (Phi) is 6.67. The van der Waals surface area contributed by atoms with Crippen molar-refractivity contribution in [3.8, 4) is 5.75 Å². The molecule has 0 heterocycles. The fourth-order valence-corrected chi connectivity index (χ4v) is 3.23. The molecular weight excluding hydrogens is 286 g/mol. The highest BCUT2D eigenvalue weighted by molar-refractivity contribution is 5.79. The van der Waals surface area contributed by atoms with Gasteiger partial charge in [-0.1, -0.05) is 60.1 Å². The molecule has 0 radical (unpaired) electrons. The molecule has 1 aromatic carbocycles. The molecular formula is C20H33NO2. The zero-order valence-electron chi connectivity index (χ0n) is 15.6. The Balaban J connectivity index is 2.81. The molecule has 1 aromatic rings. The van der Waals surface area contributed by atoms with Crippen LogP contribution in [0.4, 0.5) is 0 Å². The molecule has 23 heavy (non-hydrogen) atoms. The first kappa shape index (κ1) is 19.5. The highest BCUT2D eigenvalue weighted by Crippen LogP contribution is 2.36. The van der Waals surface area contributed by atoms with Gasteiger partial charge in [0.05, 0.1) is 0 Å². The summed E-state index contributed by atoms with van der Waals surface area (Å²) in [5, 5.41) is 0. The van der Waals surface area contributed by atoms with Gasteiger partial charge in [-0.2, -0.15) is 0 Å². The van der Waals surface area contributed by atoms with Gasteiger partial charge in [0.1, 0.15) is 5.75 Å². The summed E-state index contributed by atoms with van der Waals surface area (Å²) in [4.78, 5) is 11.5. The first-order valence-electron chi connectivity index (χ1n) is 8.62. The first-order chi connectivity index (χ1) is 10.5. The first-order valence-corrected chi connectivity index (χ1v) is 8.62. The van der Waals surface area contributed by atoms with Crippen LogP contribution in [0.1, 0.15) is 72.8 Å². The number of hydrogen-bond donors (Lipinski definition) is 1. The maximum atomic E-state index is 11.5. The number of primary amides is 1. The molecule has 0 aliphatic carbocycles. The minimum atomic E-state index is -0.539. The summed E-state index contributed by atoms with van der Waals surface area (Å²) in [5.74, 6) is 0.316. The molecule has 130 valence electrons. The second-order valence-corrected chi connectivity index (χ2v) is 8.30. The number of hydrogen-bond acceptors (Lipinski definition) is 2. The van der Waals surface area contributed by atoms with Crippen molar-refractivity contribution in [1.29, 1.82) is 0 Å². The summed E-state index contributed by atoms with van der Waals surface area (Å²) in [6, 6.07) is 8.08. The molecule has 3 heteroatoms. The maximum absolute atomic E-state index is 11.5. The monoisotopic (exact) mass is 319 g/mol. The van der Waals surface area contributed by atoms with Gasteiger partial charge in [-0.3, -0.25) is 4.79 Å². The fraction of sp³-hybridized carbons (Fsp3) is 0.650. The van der Waals surface area contributed by atoms with E-state index in [9.17, 15) is 4.79 Å². The number of ether oxygens (including phenoxy) is 1. The lowest BCUT2D eigenvalue weighted by molar-refractivity contribution is -0.125. The van der Waals surface area contributed by atoms with E-state index >= 15 is 0 Å². The summed E-state index contributed by atoms with van der Waals surface area (Å²) in [6.45, 7) is 13.4. The van der Waals surface area contributed by atoms with Crippen LogP contribution in [0, 0.1) is 5.41 Å². The van der Waals surface area contributed by atoms with Crippen molar-refractivity contribution < 1.29 is 9.53 Å². The molecule has 0 fully saturated rings. The Morgan fingerprint density at radius 3 is 2.13 bits per heavy atom. The lowest BCUT2D eigenvalue weighted by Gasteiger charge is -2.33. The summed E-state index contributed by atoms with van der Waals surface area (Å²) < 4.78 is 5.77. The molecule has 0 aliphatic rings. The third kappa shape index (κ3) is 6.64. The zero-order valence-corrected chi connectivity index (χ0v) is 15.6. The predicted molar refractivity (Wildman–Crippen MR) is 96.7 cm³/mol. The highest BCUT2D eigenvalue weighted by atomic mass is 16.5. The van der Waals surface area contributed by atoms with Gasteiger partial charge in [-0.05, 0) is 47.8 Å². The van der Waals surface area contributed by atoms with Gasteiger partial charge >= 0.3 is 0 Å². The van der Waals surface area contributed by atoms with Crippen molar-refractivity contribution in [2.24, 2.45) is 11.1 Å². The van der Waals surface area contributed by atoms with Crippen molar-refractivity contribution in [1.82, 2.24) is 0 Å². The molecule has 1 unspecified atom stereocenters. The third-order valence-electron chi connectivity index (χ3n) is 4.02. The lowest BCUT2D eigenvalue weighted by Crippen LogP contribution is -2.33. The number of carbonyl (C=O) groups is 1. The van der Waals surface area contributed by atoms with Gasteiger partial charge in [-0.25, -0.2) is 0 Å². The molecule has 0 saturated carbocycles. The van der Waals surface area contributed by atoms with E-state index in [4.69, 9.17) is 10.5 Å². The minimum Gasteiger partial charge on any atom is -0.481 e. The summed E-state index contributed by atoms with van der Waals surface area (Å²) in [7, 11) is 0. The molecule has 0 saturated heterocycles. The molecule has 0 aliphatic heterocycles. The topological polar surface area (TPSA) is 52.3 Å². The van der Waals surface area contributed by atoms with Gasteiger partial charge in [0, 0.05) is 0 Å². The zero-order chi connectivity index (χ0) is 17.7. The lowest BCUT2D eigenvalue weighted by atomic mass is 9.72.